The Morgan fingerprint density at radius 2 is 1.96 bits per heavy atom. The number of carbonyl (C=O) groups excluding carboxylic acids is 1. The average Bonchev–Trinajstić information content (AvgIpc) is 2.75. The molecule has 1 aliphatic rings. The molecule has 0 aliphatic carbocycles. The highest BCUT2D eigenvalue weighted by molar-refractivity contribution is 5.92. The molecule has 0 atom stereocenters. The van der Waals surface area contributed by atoms with Crippen molar-refractivity contribution in [3.63, 3.8) is 0 Å². The second kappa shape index (κ2) is 7.82. The molecule has 1 fully saturated rings. The van der Waals surface area contributed by atoms with E-state index in [1.165, 1.54) is 0 Å². The third-order valence-corrected chi connectivity index (χ3v) is 3.97. The Balaban J connectivity index is 2.37. The van der Waals surface area contributed by atoms with Crippen molar-refractivity contribution in [2.75, 3.05) is 36.5 Å². The summed E-state index contributed by atoms with van der Waals surface area (Å²) in [5, 5.41) is 2.42. The second-order valence-electron chi connectivity index (χ2n) is 7.76. The van der Waals surface area contributed by atoms with Gasteiger partial charge in [0.1, 0.15) is 5.82 Å². The van der Waals surface area contributed by atoms with Crippen LogP contribution in [-0.2, 0) is 15.7 Å². The molecule has 1 N–H and O–H groups in total. The minimum atomic E-state index is -4.66. The van der Waals surface area contributed by atoms with Crippen molar-refractivity contribution in [2.45, 2.75) is 46.7 Å². The monoisotopic (exact) mass is 373 g/mol. The number of nitrogens with zero attached hydrogens (tertiary/aromatic N) is 2. The Morgan fingerprint density at radius 3 is 2.58 bits per heavy atom. The quantitative estimate of drug-likeness (QED) is 0.870. The lowest BCUT2D eigenvalue weighted by Crippen LogP contribution is -2.29. The van der Waals surface area contributed by atoms with E-state index in [1.807, 2.05) is 20.8 Å². The first kappa shape index (κ1) is 20.5. The lowest BCUT2D eigenvalue weighted by Gasteiger charge is -2.25. The maximum absolute atomic E-state index is 13.6. The Morgan fingerprint density at radius 1 is 1.27 bits per heavy atom. The zero-order valence-electron chi connectivity index (χ0n) is 15.7. The number of alkyl halides is 3. The fourth-order valence-electron chi connectivity index (χ4n) is 2.82. The van der Waals surface area contributed by atoms with Crippen LogP contribution in [0.25, 0.3) is 0 Å². The highest BCUT2D eigenvalue weighted by Gasteiger charge is 2.38. The summed E-state index contributed by atoms with van der Waals surface area (Å²) < 4.78 is 46.1. The van der Waals surface area contributed by atoms with Crippen molar-refractivity contribution in [2.24, 2.45) is 5.41 Å². The fourth-order valence-corrected chi connectivity index (χ4v) is 2.82. The molecule has 0 unspecified atom stereocenters. The molecule has 0 spiro atoms. The molecular formula is C18H26F3N3O2. The number of anilines is 2. The third kappa shape index (κ3) is 5.59. The summed E-state index contributed by atoms with van der Waals surface area (Å²) in [6.07, 6.45) is -3.81. The maximum Gasteiger partial charge on any atom is 0.435 e. The zero-order chi connectivity index (χ0) is 19.5. The molecule has 1 aliphatic heterocycles. The van der Waals surface area contributed by atoms with Gasteiger partial charge in [0.2, 0.25) is 5.91 Å². The predicted molar refractivity (Wildman–Crippen MR) is 94.3 cm³/mol. The molecule has 8 heteroatoms. The van der Waals surface area contributed by atoms with E-state index in [2.05, 4.69) is 10.3 Å². The molecule has 0 saturated carbocycles. The average molecular weight is 373 g/mol. The van der Waals surface area contributed by atoms with E-state index in [0.717, 1.165) is 6.42 Å². The lowest BCUT2D eigenvalue weighted by molar-refractivity contribution is -0.140. The second-order valence-corrected chi connectivity index (χ2v) is 7.76. The number of hydrogen-bond donors (Lipinski definition) is 1. The Kier molecular flexibility index (Phi) is 6.16. The van der Waals surface area contributed by atoms with Crippen LogP contribution in [0.4, 0.5) is 24.7 Å². The standard InChI is InChI=1S/C18H26F3N3O2/c1-12-10-13(24-6-5-8-26-9-7-24)22-16(18(19,20)21)15(12)23-14(25)11-17(2,3)4/h10H,5-9,11H2,1-4H3,(H,23,25). The van der Waals surface area contributed by atoms with Crippen LogP contribution >= 0.6 is 0 Å². The SMILES string of the molecule is Cc1cc(N2CCCOCC2)nc(C(F)(F)F)c1NC(=O)CC(C)(C)C. The van der Waals surface area contributed by atoms with Crippen LogP contribution in [0, 0.1) is 12.3 Å². The summed E-state index contributed by atoms with van der Waals surface area (Å²) in [7, 11) is 0. The molecule has 1 aromatic rings. The number of rotatable bonds is 3. The Labute approximate surface area is 151 Å². The van der Waals surface area contributed by atoms with Gasteiger partial charge in [0.25, 0.3) is 0 Å². The predicted octanol–water partition coefficient (Wildman–Crippen LogP) is 4.01. The van der Waals surface area contributed by atoms with Gasteiger partial charge in [-0.1, -0.05) is 20.8 Å². The first-order chi connectivity index (χ1) is 12.0. The molecule has 1 amide bonds. The van der Waals surface area contributed by atoms with E-state index < -0.39 is 17.8 Å². The topological polar surface area (TPSA) is 54.5 Å². The van der Waals surface area contributed by atoms with Crippen molar-refractivity contribution in [1.29, 1.82) is 0 Å². The van der Waals surface area contributed by atoms with Crippen molar-refractivity contribution >= 4 is 17.4 Å². The van der Waals surface area contributed by atoms with Gasteiger partial charge in [-0.3, -0.25) is 4.79 Å². The van der Waals surface area contributed by atoms with Crippen LogP contribution in [0.1, 0.15) is 44.9 Å². The van der Waals surface area contributed by atoms with E-state index >= 15 is 0 Å². The van der Waals surface area contributed by atoms with E-state index in [0.29, 0.717) is 31.9 Å². The van der Waals surface area contributed by atoms with Crippen molar-refractivity contribution in [3.8, 4) is 0 Å². The molecule has 26 heavy (non-hydrogen) atoms. The van der Waals surface area contributed by atoms with Crippen LogP contribution in [0.5, 0.6) is 0 Å². The maximum atomic E-state index is 13.6. The minimum Gasteiger partial charge on any atom is -0.380 e. The number of nitrogens with one attached hydrogen (secondary N) is 1. The van der Waals surface area contributed by atoms with Crippen molar-refractivity contribution in [3.05, 3.63) is 17.3 Å². The van der Waals surface area contributed by atoms with Gasteiger partial charge < -0.3 is 15.0 Å². The molecule has 2 heterocycles. The summed E-state index contributed by atoms with van der Waals surface area (Å²) in [5.74, 6) is -0.196. The normalized spacial score (nSPS) is 16.3. The van der Waals surface area contributed by atoms with Gasteiger partial charge >= 0.3 is 6.18 Å². The first-order valence-electron chi connectivity index (χ1n) is 8.69. The minimum absolute atomic E-state index is 0.120. The van der Waals surface area contributed by atoms with Gasteiger partial charge in [0.15, 0.2) is 5.69 Å². The number of hydrogen-bond acceptors (Lipinski definition) is 4. The van der Waals surface area contributed by atoms with Crippen LogP contribution in [0.15, 0.2) is 6.07 Å². The molecule has 146 valence electrons. The number of ether oxygens (including phenoxy) is 1. The Hall–Kier alpha value is -1.83. The number of aromatic nitrogens is 1. The molecular weight excluding hydrogens is 347 g/mol. The van der Waals surface area contributed by atoms with Crippen molar-refractivity contribution < 1.29 is 22.7 Å². The van der Waals surface area contributed by atoms with Gasteiger partial charge in [-0.15, -0.1) is 0 Å². The summed E-state index contributed by atoms with van der Waals surface area (Å²) >= 11 is 0. The van der Waals surface area contributed by atoms with Crippen LogP contribution in [0.2, 0.25) is 0 Å². The molecule has 0 aromatic carbocycles. The summed E-state index contributed by atoms with van der Waals surface area (Å²) in [6.45, 7) is 9.22. The highest BCUT2D eigenvalue weighted by Crippen LogP contribution is 2.37. The fraction of sp³-hybridized carbons (Fsp3) is 0.667. The Bertz CT molecular complexity index is 646. The molecule has 0 radical (unpaired) electrons. The molecule has 1 aromatic heterocycles. The largest absolute Gasteiger partial charge is 0.435 e. The third-order valence-electron chi connectivity index (χ3n) is 3.97. The molecule has 0 bridgehead atoms. The number of carbonyl (C=O) groups is 1. The summed E-state index contributed by atoms with van der Waals surface area (Å²) in [4.78, 5) is 17.8. The summed E-state index contributed by atoms with van der Waals surface area (Å²) in [5.41, 5.74) is -1.30. The van der Waals surface area contributed by atoms with Gasteiger partial charge in [-0.2, -0.15) is 13.2 Å². The van der Waals surface area contributed by atoms with E-state index in [4.69, 9.17) is 4.74 Å². The lowest BCUT2D eigenvalue weighted by atomic mass is 9.92. The van der Waals surface area contributed by atoms with Crippen molar-refractivity contribution in [1.82, 2.24) is 4.98 Å². The van der Waals surface area contributed by atoms with E-state index in [9.17, 15) is 18.0 Å². The number of aryl methyl sites for hydroxylation is 1. The van der Waals surface area contributed by atoms with E-state index in [-0.39, 0.29) is 23.3 Å². The molecule has 5 nitrogen and oxygen atoms in total. The number of pyridine rings is 1. The smallest absolute Gasteiger partial charge is 0.380 e. The van der Waals surface area contributed by atoms with Crippen LogP contribution in [0.3, 0.4) is 0 Å². The number of amides is 1. The van der Waals surface area contributed by atoms with Gasteiger partial charge in [0, 0.05) is 26.1 Å². The van der Waals surface area contributed by atoms with Crippen LogP contribution in [-0.4, -0.2) is 37.2 Å². The molecule has 2 rings (SSSR count). The first-order valence-corrected chi connectivity index (χ1v) is 8.69. The van der Waals surface area contributed by atoms with Crippen LogP contribution < -0.4 is 10.2 Å². The number of halogens is 3. The zero-order valence-corrected chi connectivity index (χ0v) is 15.7. The van der Waals surface area contributed by atoms with Gasteiger partial charge in [0.05, 0.1) is 12.3 Å². The highest BCUT2D eigenvalue weighted by atomic mass is 19.4. The van der Waals surface area contributed by atoms with Gasteiger partial charge in [-0.05, 0) is 30.4 Å². The summed E-state index contributed by atoms with van der Waals surface area (Å²) in [6, 6.07) is 1.59. The molecule has 1 saturated heterocycles. The van der Waals surface area contributed by atoms with Gasteiger partial charge in [-0.25, -0.2) is 4.98 Å². The van der Waals surface area contributed by atoms with E-state index in [1.54, 1.807) is 17.9 Å².